The van der Waals surface area contributed by atoms with Crippen molar-refractivity contribution in [3.63, 3.8) is 0 Å². The van der Waals surface area contributed by atoms with E-state index in [2.05, 4.69) is 9.97 Å². The van der Waals surface area contributed by atoms with Crippen molar-refractivity contribution < 1.29 is 19.4 Å². The molecule has 0 amide bonds. The van der Waals surface area contributed by atoms with Crippen LogP contribution >= 0.6 is 34.8 Å². The Morgan fingerprint density at radius 3 is 2.59 bits per heavy atom. The molecule has 3 aromatic rings. The Morgan fingerprint density at radius 1 is 1.14 bits per heavy atom. The number of carbonyl (C=O) groups is 1. The molecular formula is C19H12Cl3N3O4. The predicted molar refractivity (Wildman–Crippen MR) is 109 cm³/mol. The zero-order valence-corrected chi connectivity index (χ0v) is 16.8. The first kappa shape index (κ1) is 20.8. The largest absolute Gasteiger partial charge is 0.507 e. The Hall–Kier alpha value is -2.92. The summed E-state index contributed by atoms with van der Waals surface area (Å²) in [6, 6.07) is 11.7. The second kappa shape index (κ2) is 9.05. The van der Waals surface area contributed by atoms with Crippen LogP contribution in [0.1, 0.15) is 5.82 Å². The van der Waals surface area contributed by atoms with Gasteiger partial charge < -0.3 is 19.6 Å². The molecule has 148 valence electrons. The lowest BCUT2D eigenvalue weighted by atomic mass is 10.2. The Morgan fingerprint density at radius 2 is 1.86 bits per heavy atom. The van der Waals surface area contributed by atoms with E-state index in [-0.39, 0.29) is 32.2 Å². The van der Waals surface area contributed by atoms with Gasteiger partial charge in [-0.3, -0.25) is 0 Å². The smallest absolute Gasteiger partial charge is 0.344 e. The summed E-state index contributed by atoms with van der Waals surface area (Å²) in [6.45, 7) is -1.02. The summed E-state index contributed by atoms with van der Waals surface area (Å²) in [6.07, 6.45) is 0. The highest BCUT2D eigenvalue weighted by atomic mass is 35.5. The fourth-order valence-corrected chi connectivity index (χ4v) is 2.93. The number of halogens is 3. The van der Waals surface area contributed by atoms with E-state index in [1.807, 2.05) is 12.1 Å². The molecule has 1 heterocycles. The van der Waals surface area contributed by atoms with Crippen molar-refractivity contribution >= 4 is 57.4 Å². The second-order valence-electron chi connectivity index (χ2n) is 5.68. The number of para-hydroxylation sites is 2. The average molecular weight is 453 g/mol. The minimum atomic E-state index is -0.791. The fourth-order valence-electron chi connectivity index (χ4n) is 2.34. The van der Waals surface area contributed by atoms with Crippen molar-refractivity contribution in [3.8, 4) is 11.8 Å². The van der Waals surface area contributed by atoms with Crippen LogP contribution in [0, 0.1) is 11.3 Å². The number of ether oxygens (including phenoxy) is 2. The van der Waals surface area contributed by atoms with Crippen molar-refractivity contribution in [3.05, 3.63) is 63.0 Å². The lowest BCUT2D eigenvalue weighted by Gasteiger charge is -2.09. The molecular weight excluding hydrogens is 441 g/mol. The molecule has 0 atom stereocenters. The number of aliphatic hydroxyl groups is 1. The molecule has 0 unspecified atom stereocenters. The maximum absolute atomic E-state index is 11.9. The Bertz CT molecular complexity index is 1120. The monoisotopic (exact) mass is 451 g/mol. The van der Waals surface area contributed by atoms with Gasteiger partial charge in [-0.05, 0) is 18.2 Å². The number of aliphatic hydroxyl groups excluding tert-OH is 1. The molecule has 0 aliphatic carbocycles. The summed E-state index contributed by atoms with van der Waals surface area (Å²) < 4.78 is 10.2. The van der Waals surface area contributed by atoms with E-state index in [1.54, 1.807) is 18.2 Å². The third-order valence-corrected chi connectivity index (χ3v) is 4.73. The van der Waals surface area contributed by atoms with E-state index in [0.29, 0.717) is 11.0 Å². The van der Waals surface area contributed by atoms with E-state index < -0.39 is 24.9 Å². The summed E-state index contributed by atoms with van der Waals surface area (Å²) >= 11 is 17.7. The number of nitrogens with zero attached hydrogens (tertiary/aromatic N) is 2. The van der Waals surface area contributed by atoms with Crippen molar-refractivity contribution in [1.29, 1.82) is 5.26 Å². The normalized spacial score (nSPS) is 11.7. The molecule has 0 saturated carbocycles. The van der Waals surface area contributed by atoms with Crippen LogP contribution in [0.15, 0.2) is 42.2 Å². The number of nitrogens with one attached hydrogen (secondary N) is 1. The number of benzene rings is 2. The fraction of sp³-hybridized carbons (Fsp3) is 0.105. The molecule has 29 heavy (non-hydrogen) atoms. The molecule has 0 saturated heterocycles. The van der Waals surface area contributed by atoms with Crippen LogP contribution in [0.4, 0.5) is 0 Å². The van der Waals surface area contributed by atoms with E-state index in [4.69, 9.17) is 44.3 Å². The maximum Gasteiger partial charge on any atom is 0.344 e. The third-order valence-electron chi connectivity index (χ3n) is 3.72. The number of imidazole rings is 1. The SMILES string of the molecule is N#C/C(=C(/O)COC(=O)COc1cc(Cl)c(Cl)cc1Cl)c1nc2ccccc2[nH]1. The predicted octanol–water partition coefficient (Wildman–Crippen LogP) is 4.94. The number of aromatic nitrogens is 2. The van der Waals surface area contributed by atoms with Crippen LogP contribution in [0.5, 0.6) is 5.75 Å². The van der Waals surface area contributed by atoms with E-state index in [0.717, 1.165) is 0 Å². The lowest BCUT2D eigenvalue weighted by molar-refractivity contribution is -0.145. The van der Waals surface area contributed by atoms with Crippen LogP contribution in [0.2, 0.25) is 15.1 Å². The number of H-pyrrole nitrogens is 1. The highest BCUT2D eigenvalue weighted by Crippen LogP contribution is 2.33. The number of esters is 1. The first-order valence-electron chi connectivity index (χ1n) is 8.09. The molecule has 2 aromatic carbocycles. The van der Waals surface area contributed by atoms with Gasteiger partial charge in [-0.1, -0.05) is 46.9 Å². The van der Waals surface area contributed by atoms with Crippen molar-refractivity contribution in [2.75, 3.05) is 13.2 Å². The van der Waals surface area contributed by atoms with Gasteiger partial charge in [-0.15, -0.1) is 0 Å². The lowest BCUT2D eigenvalue weighted by Crippen LogP contribution is -2.17. The van der Waals surface area contributed by atoms with Crippen LogP contribution in [0.25, 0.3) is 16.6 Å². The second-order valence-corrected chi connectivity index (χ2v) is 6.90. The molecule has 3 rings (SSSR count). The molecule has 0 radical (unpaired) electrons. The van der Waals surface area contributed by atoms with Gasteiger partial charge in [-0.25, -0.2) is 9.78 Å². The average Bonchev–Trinajstić information content (AvgIpc) is 3.12. The van der Waals surface area contributed by atoms with Crippen molar-refractivity contribution in [1.82, 2.24) is 9.97 Å². The van der Waals surface area contributed by atoms with Crippen LogP contribution in [-0.4, -0.2) is 34.3 Å². The summed E-state index contributed by atoms with van der Waals surface area (Å²) in [5, 5.41) is 20.1. The van der Waals surface area contributed by atoms with Crippen LogP contribution in [0.3, 0.4) is 0 Å². The number of carbonyl (C=O) groups excluding carboxylic acids is 1. The van der Waals surface area contributed by atoms with E-state index in [9.17, 15) is 15.2 Å². The molecule has 0 aliphatic rings. The maximum atomic E-state index is 11.9. The molecule has 7 nitrogen and oxygen atoms in total. The quantitative estimate of drug-likeness (QED) is 0.237. The van der Waals surface area contributed by atoms with Gasteiger partial charge in [-0.2, -0.15) is 5.26 Å². The van der Waals surface area contributed by atoms with Gasteiger partial charge in [0.25, 0.3) is 0 Å². The standard InChI is InChI=1S/C19H12Cl3N3O4/c20-11-5-13(22)17(6-12(11)21)28-9-18(27)29-8-16(26)10(7-23)19-24-14-3-1-2-4-15(14)25-19/h1-6,26H,8-9H2,(H,24,25)/b16-10-. The Balaban J connectivity index is 1.64. The number of aromatic amines is 1. The van der Waals surface area contributed by atoms with Crippen molar-refractivity contribution in [2.24, 2.45) is 0 Å². The molecule has 0 fully saturated rings. The molecule has 0 bridgehead atoms. The third kappa shape index (κ3) is 4.93. The summed E-state index contributed by atoms with van der Waals surface area (Å²) in [4.78, 5) is 19.0. The summed E-state index contributed by atoms with van der Waals surface area (Å²) in [5.41, 5.74) is 1.20. The van der Waals surface area contributed by atoms with Gasteiger partial charge in [0, 0.05) is 6.07 Å². The van der Waals surface area contributed by atoms with Gasteiger partial charge in [0.05, 0.1) is 26.1 Å². The first-order chi connectivity index (χ1) is 13.9. The minimum Gasteiger partial charge on any atom is -0.507 e. The number of allylic oxidation sites excluding steroid dienone is 1. The molecule has 0 aliphatic heterocycles. The zero-order chi connectivity index (χ0) is 21.0. The van der Waals surface area contributed by atoms with E-state index >= 15 is 0 Å². The number of rotatable bonds is 6. The van der Waals surface area contributed by atoms with Crippen LogP contribution in [-0.2, 0) is 9.53 Å². The van der Waals surface area contributed by atoms with Crippen molar-refractivity contribution in [2.45, 2.75) is 0 Å². The minimum absolute atomic E-state index is 0.137. The van der Waals surface area contributed by atoms with E-state index in [1.165, 1.54) is 12.1 Å². The zero-order valence-electron chi connectivity index (χ0n) is 14.6. The number of nitriles is 1. The summed E-state index contributed by atoms with van der Waals surface area (Å²) in [5.74, 6) is -0.924. The number of hydrogen-bond acceptors (Lipinski definition) is 6. The van der Waals surface area contributed by atoms with Gasteiger partial charge >= 0.3 is 5.97 Å². The molecule has 1 aromatic heterocycles. The molecule has 10 heteroatoms. The number of hydrogen-bond donors (Lipinski definition) is 2. The van der Waals surface area contributed by atoms with Gasteiger partial charge in [0.2, 0.25) is 0 Å². The molecule has 0 spiro atoms. The van der Waals surface area contributed by atoms with Gasteiger partial charge in [0.15, 0.2) is 18.2 Å². The highest BCUT2D eigenvalue weighted by Gasteiger charge is 2.16. The topological polar surface area (TPSA) is 108 Å². The number of fused-ring (bicyclic) bond motifs is 1. The first-order valence-corrected chi connectivity index (χ1v) is 9.22. The highest BCUT2D eigenvalue weighted by molar-refractivity contribution is 6.43. The Labute approximate surface area is 180 Å². The Kier molecular flexibility index (Phi) is 6.49. The molecule has 2 N–H and O–H groups in total. The van der Waals surface area contributed by atoms with Crippen LogP contribution < -0.4 is 4.74 Å². The van der Waals surface area contributed by atoms with Gasteiger partial charge in [0.1, 0.15) is 24.0 Å². The summed E-state index contributed by atoms with van der Waals surface area (Å²) in [7, 11) is 0.